The van der Waals surface area contributed by atoms with E-state index in [0.29, 0.717) is 13.2 Å². The van der Waals surface area contributed by atoms with Crippen LogP contribution in [0, 0.1) is 6.92 Å². The maximum absolute atomic E-state index is 5.83. The largest absolute Gasteiger partial charge is 0.489 e. The van der Waals surface area contributed by atoms with Gasteiger partial charge in [-0.1, -0.05) is 48.0 Å². The summed E-state index contributed by atoms with van der Waals surface area (Å²) < 4.78 is 5.83. The quantitative estimate of drug-likeness (QED) is 0.834. The van der Waals surface area contributed by atoms with Crippen molar-refractivity contribution in [2.45, 2.75) is 20.1 Å². The van der Waals surface area contributed by atoms with Crippen molar-refractivity contribution in [1.29, 1.82) is 0 Å². The van der Waals surface area contributed by atoms with Crippen LogP contribution >= 0.6 is 24.2 Å². The smallest absolute Gasteiger partial charge is 0.124 e. The molecule has 0 atom stereocenters. The van der Waals surface area contributed by atoms with E-state index in [2.05, 4.69) is 30.0 Å². The van der Waals surface area contributed by atoms with Crippen molar-refractivity contribution in [3.8, 4) is 5.75 Å². The van der Waals surface area contributed by atoms with E-state index in [1.54, 1.807) is 0 Å². The monoisotopic (exact) mass is 297 g/mol. The van der Waals surface area contributed by atoms with Gasteiger partial charge in [0.25, 0.3) is 0 Å². The number of hydrogen-bond acceptors (Lipinski definition) is 2. The van der Waals surface area contributed by atoms with E-state index in [1.165, 1.54) is 11.1 Å². The molecule has 102 valence electrons. The summed E-state index contributed by atoms with van der Waals surface area (Å²) >= 11 is 5.54. The fourth-order valence-electron chi connectivity index (χ4n) is 1.83. The maximum atomic E-state index is 5.83. The Labute approximate surface area is 125 Å². The SMILES string of the molecule is Cc1cccc(COc2ccccc2CNCl)c1.Cl. The van der Waals surface area contributed by atoms with E-state index in [9.17, 15) is 0 Å². The van der Waals surface area contributed by atoms with E-state index in [4.69, 9.17) is 16.5 Å². The number of rotatable bonds is 5. The van der Waals surface area contributed by atoms with Crippen LogP contribution in [0.5, 0.6) is 5.75 Å². The molecule has 0 radical (unpaired) electrons. The second-order valence-corrected chi connectivity index (χ2v) is 4.46. The van der Waals surface area contributed by atoms with Gasteiger partial charge in [-0.15, -0.1) is 12.4 Å². The van der Waals surface area contributed by atoms with Gasteiger partial charge >= 0.3 is 0 Å². The first-order valence-corrected chi connectivity index (χ1v) is 6.27. The first kappa shape index (κ1) is 15.8. The number of benzene rings is 2. The zero-order valence-electron chi connectivity index (χ0n) is 10.7. The summed E-state index contributed by atoms with van der Waals surface area (Å²) in [6, 6.07) is 16.2. The highest BCUT2D eigenvalue weighted by molar-refractivity contribution is 6.13. The molecule has 0 bridgehead atoms. The Bertz CT molecular complexity index is 517. The topological polar surface area (TPSA) is 21.3 Å². The van der Waals surface area contributed by atoms with Gasteiger partial charge in [0.15, 0.2) is 0 Å². The van der Waals surface area contributed by atoms with Gasteiger partial charge in [-0.05, 0) is 30.3 Å². The first-order valence-electron chi connectivity index (χ1n) is 5.89. The van der Waals surface area contributed by atoms with Crippen LogP contribution in [0.4, 0.5) is 0 Å². The van der Waals surface area contributed by atoms with Crippen LogP contribution in [0.3, 0.4) is 0 Å². The predicted molar refractivity (Wildman–Crippen MR) is 81.9 cm³/mol. The molecule has 0 saturated heterocycles. The van der Waals surface area contributed by atoms with Crippen LogP contribution in [0.25, 0.3) is 0 Å². The molecule has 0 unspecified atom stereocenters. The molecule has 4 heteroatoms. The summed E-state index contributed by atoms with van der Waals surface area (Å²) in [6.07, 6.45) is 0. The van der Waals surface area contributed by atoms with Gasteiger partial charge in [0, 0.05) is 12.1 Å². The Balaban J connectivity index is 0.00000180. The third-order valence-corrected chi connectivity index (χ3v) is 2.84. The van der Waals surface area contributed by atoms with Crippen LogP contribution in [0.15, 0.2) is 48.5 Å². The highest BCUT2D eigenvalue weighted by atomic mass is 35.5. The molecule has 19 heavy (non-hydrogen) atoms. The Kier molecular flexibility index (Phi) is 6.71. The van der Waals surface area contributed by atoms with Crippen molar-refractivity contribution < 1.29 is 4.74 Å². The van der Waals surface area contributed by atoms with E-state index in [-0.39, 0.29) is 12.4 Å². The summed E-state index contributed by atoms with van der Waals surface area (Å²) in [5, 5.41) is 0. The molecule has 0 heterocycles. The summed E-state index contributed by atoms with van der Waals surface area (Å²) in [5.41, 5.74) is 3.47. The third-order valence-electron chi connectivity index (χ3n) is 2.71. The molecule has 0 fully saturated rings. The number of aryl methyl sites for hydroxylation is 1. The maximum Gasteiger partial charge on any atom is 0.124 e. The molecule has 2 aromatic rings. The van der Waals surface area contributed by atoms with Gasteiger partial charge in [0.1, 0.15) is 12.4 Å². The molecule has 2 rings (SSSR count). The molecule has 0 aliphatic heterocycles. The van der Waals surface area contributed by atoms with Gasteiger partial charge in [0.05, 0.1) is 0 Å². The van der Waals surface area contributed by atoms with E-state index in [0.717, 1.165) is 11.3 Å². The summed E-state index contributed by atoms with van der Waals surface area (Å²) in [7, 11) is 0. The van der Waals surface area contributed by atoms with Crippen molar-refractivity contribution in [2.24, 2.45) is 0 Å². The minimum Gasteiger partial charge on any atom is -0.489 e. The van der Waals surface area contributed by atoms with Crippen LogP contribution in [-0.2, 0) is 13.2 Å². The lowest BCUT2D eigenvalue weighted by atomic mass is 10.1. The highest BCUT2D eigenvalue weighted by Crippen LogP contribution is 2.19. The molecule has 0 spiro atoms. The average molecular weight is 298 g/mol. The van der Waals surface area contributed by atoms with Crippen LogP contribution in [-0.4, -0.2) is 0 Å². The Hall–Kier alpha value is -1.22. The number of halogens is 2. The summed E-state index contributed by atoms with van der Waals surface area (Å²) in [4.78, 5) is 2.62. The summed E-state index contributed by atoms with van der Waals surface area (Å²) in [6.45, 7) is 3.24. The fourth-order valence-corrected chi connectivity index (χ4v) is 1.97. The zero-order chi connectivity index (χ0) is 12.8. The zero-order valence-corrected chi connectivity index (χ0v) is 12.3. The molecule has 0 amide bonds. The normalized spacial score (nSPS) is 9.79. The van der Waals surface area contributed by atoms with Crippen molar-refractivity contribution in [3.05, 3.63) is 65.2 Å². The molecule has 0 saturated carbocycles. The Morgan fingerprint density at radius 3 is 2.63 bits per heavy atom. The first-order chi connectivity index (χ1) is 8.79. The molecular weight excluding hydrogens is 281 g/mol. The summed E-state index contributed by atoms with van der Waals surface area (Å²) in [5.74, 6) is 0.868. The van der Waals surface area contributed by atoms with Gasteiger partial charge in [-0.2, -0.15) is 0 Å². The third kappa shape index (κ3) is 4.75. The minimum atomic E-state index is 0. The number of ether oxygens (including phenoxy) is 1. The van der Waals surface area contributed by atoms with Crippen LogP contribution < -0.4 is 9.57 Å². The van der Waals surface area contributed by atoms with Gasteiger partial charge < -0.3 is 4.74 Å². The Morgan fingerprint density at radius 2 is 1.89 bits per heavy atom. The molecule has 0 aliphatic rings. The molecule has 2 nitrogen and oxygen atoms in total. The van der Waals surface area contributed by atoms with Crippen molar-refractivity contribution in [1.82, 2.24) is 4.84 Å². The van der Waals surface area contributed by atoms with Crippen LogP contribution in [0.2, 0.25) is 0 Å². The average Bonchev–Trinajstić information content (AvgIpc) is 2.38. The number of hydrogen-bond donors (Lipinski definition) is 1. The fraction of sp³-hybridized carbons (Fsp3) is 0.200. The van der Waals surface area contributed by atoms with E-state index < -0.39 is 0 Å². The number of para-hydroxylation sites is 1. The van der Waals surface area contributed by atoms with Gasteiger partial charge in [0.2, 0.25) is 0 Å². The lowest BCUT2D eigenvalue weighted by Crippen LogP contribution is -2.03. The van der Waals surface area contributed by atoms with Crippen molar-refractivity contribution in [3.63, 3.8) is 0 Å². The van der Waals surface area contributed by atoms with Crippen LogP contribution in [0.1, 0.15) is 16.7 Å². The van der Waals surface area contributed by atoms with Gasteiger partial charge in [-0.3, -0.25) is 0 Å². The molecule has 0 aliphatic carbocycles. The second kappa shape index (κ2) is 8.05. The minimum absolute atomic E-state index is 0. The van der Waals surface area contributed by atoms with E-state index >= 15 is 0 Å². The molecule has 0 aromatic heterocycles. The lowest BCUT2D eigenvalue weighted by molar-refractivity contribution is 0.302. The molecule has 2 aromatic carbocycles. The predicted octanol–water partition coefficient (Wildman–Crippen LogP) is 4.24. The van der Waals surface area contributed by atoms with Crippen molar-refractivity contribution >= 4 is 24.2 Å². The highest BCUT2D eigenvalue weighted by Gasteiger charge is 2.02. The number of nitrogens with one attached hydrogen (secondary N) is 1. The Morgan fingerprint density at radius 1 is 1.11 bits per heavy atom. The standard InChI is InChI=1S/C15H16ClNO.ClH/c1-12-5-4-6-13(9-12)11-18-15-8-3-2-7-14(15)10-17-16;/h2-9,17H,10-11H2,1H3;1H. The second-order valence-electron chi connectivity index (χ2n) is 4.20. The van der Waals surface area contributed by atoms with Crippen molar-refractivity contribution in [2.75, 3.05) is 0 Å². The molecule has 1 N–H and O–H groups in total. The van der Waals surface area contributed by atoms with E-state index in [1.807, 2.05) is 30.3 Å². The van der Waals surface area contributed by atoms with Gasteiger partial charge in [-0.25, -0.2) is 4.84 Å². The lowest BCUT2D eigenvalue weighted by Gasteiger charge is -2.11. The molecular formula is C15H17Cl2NO.